The summed E-state index contributed by atoms with van der Waals surface area (Å²) in [6, 6.07) is 80.1. The molecular formula is C107H119N9O9. The van der Waals surface area contributed by atoms with Crippen molar-refractivity contribution >= 4 is 23.6 Å². The maximum absolute atomic E-state index is 11.3. The molecule has 14 rings (SSSR count). The highest BCUT2D eigenvalue weighted by atomic mass is 16.5. The molecule has 0 unspecified atom stereocenters. The van der Waals surface area contributed by atoms with E-state index in [2.05, 4.69) is 251 Å². The second kappa shape index (κ2) is 48.1. The van der Waals surface area contributed by atoms with Gasteiger partial charge in [0.1, 0.15) is 46.3 Å². The average Bonchev–Trinajstić information content (AvgIpc) is 1.64. The van der Waals surface area contributed by atoms with Gasteiger partial charge in [0.25, 0.3) is 5.91 Å². The minimum absolute atomic E-state index is 0.127. The molecule has 18 nitrogen and oxygen atoms in total. The summed E-state index contributed by atoms with van der Waals surface area (Å²) in [5.74, 6) is 7.42. The van der Waals surface area contributed by atoms with Crippen LogP contribution < -0.4 is 14.8 Å². The van der Waals surface area contributed by atoms with E-state index in [0.29, 0.717) is 62.1 Å². The molecular weight excluding hydrogens is 1560 g/mol. The first kappa shape index (κ1) is 94.9. The average molecular weight is 1680 g/mol. The lowest BCUT2D eigenvalue weighted by molar-refractivity contribution is -0.138. The molecule has 0 saturated carbocycles. The second-order valence-electron chi connectivity index (χ2n) is 32.1. The monoisotopic (exact) mass is 1670 g/mol. The molecule has 0 aliphatic heterocycles. The number of aromatic nitrogens is 8. The predicted molar refractivity (Wildman–Crippen MR) is 503 cm³/mol. The fourth-order valence-corrected chi connectivity index (χ4v) is 13.9. The Kier molecular flexibility index (Phi) is 36.5. The van der Waals surface area contributed by atoms with Gasteiger partial charge < -0.3 is 53.2 Å². The summed E-state index contributed by atoms with van der Waals surface area (Å²) >= 11 is 0. The van der Waals surface area contributed by atoms with Crippen LogP contribution in [0, 0.1) is 100 Å². The Hall–Kier alpha value is -13.9. The van der Waals surface area contributed by atoms with Gasteiger partial charge in [-0.2, -0.15) is 0 Å². The number of aliphatic carboxylic acids is 1. The largest absolute Gasteiger partial charge is 0.508 e. The number of nitrogens with one attached hydrogen (secondary N) is 1. The standard InChI is InChI=1S/C26H32N2O2.C25H30N2O3.C19H20N2.C18H18N2O.C11H11NO.C8H8O2/c1-19-11-13-23(14-12-19)26-27-17-21(3)28(26)18-24-9-5-6-10-25(24)30-15-7-8-20(2)16-22(4)29;1-18-10-12-21(13-11-18)25-26-16-20(3)27(25)17-22-8-4-5-9-23(22)30-14-6-7-19(2)15-24(28)29;1-14-8-10-17(11-9-14)19-20-12-16(3)21(19)13-18-7-5-4-6-15(18)2;1-13-7-9-15(10-8-13)18-19-11-14(2)20(18)12-16-5-3-4-6-17(16)21;1-3-8-12-11(13)10-6-4-9(2)5-7-10;1-6-2-4-7(5-3-6)8(9)10/h5-6,9-14,17,20H,7-8,15-16,18H2,1-4H3;4-5,8-13,16,19H,6-7,14-15,17H2,1-3H3,(H,28,29);4-12H,13H2,1-3H3;3-11,21H,12H2,1-2H3;1,4-7H,8H2,2H3,(H,12,13);2-5H,1H3,(H,9,10)/t20-;19-;;;;/m11..../s1. The lowest BCUT2D eigenvalue weighted by Gasteiger charge is -2.15. The maximum Gasteiger partial charge on any atom is 0.335 e. The van der Waals surface area contributed by atoms with Crippen molar-refractivity contribution in [2.75, 3.05) is 19.8 Å². The highest BCUT2D eigenvalue weighted by molar-refractivity contribution is 5.94. The molecule has 0 saturated heterocycles. The number of imidazole rings is 4. The minimum atomic E-state index is -0.875. The van der Waals surface area contributed by atoms with E-state index in [0.717, 1.165) is 129 Å². The van der Waals surface area contributed by atoms with E-state index in [1.807, 2.05) is 113 Å². The van der Waals surface area contributed by atoms with Crippen molar-refractivity contribution in [3.05, 3.63) is 363 Å². The van der Waals surface area contributed by atoms with Gasteiger partial charge >= 0.3 is 11.9 Å². The molecule has 0 radical (unpaired) electrons. The number of aromatic carboxylic acids is 1. The van der Waals surface area contributed by atoms with Gasteiger partial charge in [-0.05, 0) is 174 Å². The van der Waals surface area contributed by atoms with Crippen LogP contribution in [0.3, 0.4) is 0 Å². The van der Waals surface area contributed by atoms with Crippen LogP contribution in [0.1, 0.15) is 164 Å². The summed E-state index contributed by atoms with van der Waals surface area (Å²) in [6.07, 6.45) is 17.1. The molecule has 125 heavy (non-hydrogen) atoms. The molecule has 14 aromatic rings. The Morgan fingerprint density at radius 2 is 0.696 bits per heavy atom. The molecule has 4 heterocycles. The summed E-state index contributed by atoms with van der Waals surface area (Å²) in [6.45, 7) is 32.8. The van der Waals surface area contributed by atoms with Crippen molar-refractivity contribution in [2.45, 2.75) is 162 Å². The van der Waals surface area contributed by atoms with E-state index < -0.39 is 11.9 Å². The summed E-state index contributed by atoms with van der Waals surface area (Å²) in [7, 11) is 0. The van der Waals surface area contributed by atoms with Gasteiger partial charge in [0.15, 0.2) is 0 Å². The number of nitrogens with zero attached hydrogens (tertiary/aromatic N) is 8. The minimum Gasteiger partial charge on any atom is -0.508 e. The van der Waals surface area contributed by atoms with Gasteiger partial charge in [-0.3, -0.25) is 9.59 Å². The fourth-order valence-electron chi connectivity index (χ4n) is 13.9. The van der Waals surface area contributed by atoms with Crippen molar-refractivity contribution in [3.8, 4) is 75.1 Å². The number of Topliss-reactive ketones (excluding diaryl/α,β-unsaturated/α-hetero) is 1. The number of aromatic hydroxyl groups is 1. The molecule has 0 spiro atoms. The van der Waals surface area contributed by atoms with Gasteiger partial charge in [-0.25, -0.2) is 24.7 Å². The zero-order chi connectivity index (χ0) is 89.9. The number of ether oxygens (including phenoxy) is 2. The van der Waals surface area contributed by atoms with Gasteiger partial charge in [0, 0.05) is 111 Å². The fraction of sp³-hybridized carbons (Fsp3) is 0.271. The van der Waals surface area contributed by atoms with E-state index in [-0.39, 0.29) is 30.6 Å². The van der Waals surface area contributed by atoms with E-state index in [9.17, 15) is 24.3 Å². The van der Waals surface area contributed by atoms with Crippen molar-refractivity contribution in [3.63, 3.8) is 0 Å². The first-order chi connectivity index (χ1) is 60.1. The van der Waals surface area contributed by atoms with Crippen LogP contribution in [0.15, 0.2) is 267 Å². The Balaban J connectivity index is 0.000000175. The maximum atomic E-state index is 11.3. The normalized spacial score (nSPS) is 11.0. The van der Waals surface area contributed by atoms with Crippen LogP contribution in [0.4, 0.5) is 0 Å². The first-order valence-corrected chi connectivity index (χ1v) is 42.5. The van der Waals surface area contributed by atoms with E-state index in [1.165, 1.54) is 44.6 Å². The highest BCUT2D eigenvalue weighted by Crippen LogP contribution is 2.31. The number of carboxylic acid groups (broad SMARTS) is 2. The first-order valence-electron chi connectivity index (χ1n) is 42.5. The number of phenols is 1. The van der Waals surface area contributed by atoms with E-state index in [4.69, 9.17) is 26.1 Å². The molecule has 4 aromatic heterocycles. The smallest absolute Gasteiger partial charge is 0.335 e. The molecule has 2 atom stereocenters. The number of hydrogen-bond acceptors (Lipinski definition) is 11. The van der Waals surface area contributed by atoms with Crippen molar-refractivity contribution in [1.82, 2.24) is 43.5 Å². The number of phenolic OH excluding ortho intramolecular Hbond substituents is 1. The zero-order valence-corrected chi connectivity index (χ0v) is 74.7. The van der Waals surface area contributed by atoms with Crippen LogP contribution in [0.2, 0.25) is 0 Å². The number of benzene rings is 10. The van der Waals surface area contributed by atoms with Gasteiger partial charge in [-0.1, -0.05) is 253 Å². The number of carboxylic acids is 2. The third-order valence-corrected chi connectivity index (χ3v) is 21.3. The molecule has 1 amide bonds. The van der Waals surface area contributed by atoms with Crippen molar-refractivity contribution < 1.29 is 44.0 Å². The molecule has 0 fully saturated rings. The molecule has 10 aromatic carbocycles. The van der Waals surface area contributed by atoms with Gasteiger partial charge in [0.2, 0.25) is 0 Å². The molecule has 4 N–H and O–H groups in total. The lowest BCUT2D eigenvalue weighted by atomic mass is 10.00. The molecule has 0 aliphatic rings. The molecule has 0 aliphatic carbocycles. The van der Waals surface area contributed by atoms with Crippen LogP contribution >= 0.6 is 0 Å². The van der Waals surface area contributed by atoms with Crippen molar-refractivity contribution in [2.24, 2.45) is 11.8 Å². The molecule has 18 heteroatoms. The van der Waals surface area contributed by atoms with Crippen LogP contribution in [0.5, 0.6) is 17.2 Å². The number of ketones is 1. The summed E-state index contributed by atoms with van der Waals surface area (Å²) < 4.78 is 21.0. The van der Waals surface area contributed by atoms with Crippen LogP contribution in [0.25, 0.3) is 45.6 Å². The number of aryl methyl sites for hydroxylation is 11. The van der Waals surface area contributed by atoms with Crippen LogP contribution in [-0.4, -0.2) is 96.9 Å². The summed E-state index contributed by atoms with van der Waals surface area (Å²) in [5.41, 5.74) is 22.9. The number of hydrogen-bond donors (Lipinski definition) is 4. The Morgan fingerprint density at radius 3 is 1.03 bits per heavy atom. The Labute approximate surface area is 737 Å². The predicted octanol–water partition coefficient (Wildman–Crippen LogP) is 23.0. The quantitative estimate of drug-likeness (QED) is 0.0253. The lowest BCUT2D eigenvalue weighted by Crippen LogP contribution is -2.23. The van der Waals surface area contributed by atoms with Gasteiger partial charge in [-0.15, -0.1) is 6.42 Å². The van der Waals surface area contributed by atoms with Gasteiger partial charge in [0.05, 0.1) is 45.0 Å². The number of carbonyl (C=O) groups excluding carboxylic acids is 2. The zero-order valence-electron chi connectivity index (χ0n) is 74.7. The SMILES string of the molecule is C#CCNC(=O)c1ccc(C)cc1.CC(=O)C[C@H](C)CCCOc1ccccc1Cn1c(C)cnc1-c1ccc(C)cc1.Cc1ccc(-c2ncc(C)n2Cc2ccccc2C)cc1.Cc1ccc(-c2ncc(C)n2Cc2ccccc2O)cc1.Cc1ccc(-c2ncc(C)n2Cc2ccccc2OCCC[C@@H](C)CC(=O)O)cc1.Cc1ccc(C(=O)O)cc1. The molecule has 0 bridgehead atoms. The summed E-state index contributed by atoms with van der Waals surface area (Å²) in [4.78, 5) is 62.1. The van der Waals surface area contributed by atoms with E-state index >= 15 is 0 Å². The number of para-hydroxylation sites is 3. The Morgan fingerprint density at radius 1 is 0.392 bits per heavy atom. The highest BCUT2D eigenvalue weighted by Gasteiger charge is 2.19. The summed E-state index contributed by atoms with van der Waals surface area (Å²) in [5, 5.41) is 29.9. The second-order valence-corrected chi connectivity index (χ2v) is 32.1. The number of carbonyl (C=O) groups is 4. The van der Waals surface area contributed by atoms with Crippen LogP contribution in [-0.2, 0) is 35.8 Å². The molecule has 646 valence electrons. The number of amides is 1. The number of terminal acetylenes is 1. The third-order valence-electron chi connectivity index (χ3n) is 21.3. The Bertz CT molecular complexity index is 5520. The number of rotatable bonds is 29. The van der Waals surface area contributed by atoms with Crippen molar-refractivity contribution in [1.29, 1.82) is 0 Å². The topological polar surface area (TPSA) is 231 Å². The third kappa shape index (κ3) is 29.7. The van der Waals surface area contributed by atoms with E-state index in [1.54, 1.807) is 49.4 Å².